The summed E-state index contributed by atoms with van der Waals surface area (Å²) < 4.78 is 42.7. The van der Waals surface area contributed by atoms with E-state index in [9.17, 15) is 14.2 Å². The highest BCUT2D eigenvalue weighted by Gasteiger charge is 2.64. The first-order valence-corrected chi connectivity index (χ1v) is 8.29. The van der Waals surface area contributed by atoms with Crippen LogP contribution in [0.1, 0.15) is 27.7 Å². The molecular weight excluding hydrogens is 318 g/mol. The van der Waals surface area contributed by atoms with E-state index in [0.717, 1.165) is 0 Å². The summed E-state index contributed by atoms with van der Waals surface area (Å²) in [4.78, 5) is 23.3. The number of ether oxygens (including phenoxy) is 1. The molecule has 0 spiro atoms. The molecule has 1 saturated heterocycles. The molecule has 0 bridgehead atoms. The Morgan fingerprint density at radius 3 is 2.36 bits per heavy atom. The fraction of sp³-hybridized carbons (Fsp3) is 0.818. The molecule has 22 heavy (non-hydrogen) atoms. The van der Waals surface area contributed by atoms with Gasteiger partial charge < -0.3 is 27.7 Å². The number of hydrogen-bond donors (Lipinski definition) is 0. The van der Waals surface area contributed by atoms with Gasteiger partial charge in [-0.15, -0.1) is 0 Å². The van der Waals surface area contributed by atoms with E-state index in [-0.39, 0.29) is 13.2 Å². The Hall–Kier alpha value is -0.925. The Labute approximate surface area is 129 Å². The Balaban J connectivity index is 2.90. The number of rotatable bonds is 8. The average Bonchev–Trinajstić information content (AvgIpc) is 2.74. The van der Waals surface area contributed by atoms with Gasteiger partial charge in [0.1, 0.15) is 6.10 Å². The van der Waals surface area contributed by atoms with Crippen molar-refractivity contribution in [2.45, 2.75) is 39.1 Å². The average molecular weight is 338 g/mol. The molecule has 2 unspecified atom stereocenters. The molecule has 1 fully saturated rings. The van der Waals surface area contributed by atoms with Crippen LogP contribution in [-0.4, -0.2) is 51.0 Å². The van der Waals surface area contributed by atoms with Crippen LogP contribution >= 0.6 is 7.60 Å². The van der Waals surface area contributed by atoms with Crippen molar-refractivity contribution in [1.82, 2.24) is 0 Å². The van der Waals surface area contributed by atoms with Gasteiger partial charge in [0.15, 0.2) is 0 Å². The van der Waals surface area contributed by atoms with Gasteiger partial charge in [-0.3, -0.25) is 4.57 Å². The SMILES string of the molecule is CCOP(=O)(OCC)C1(C)OB(OC(C)C(=O)OC)OC1=O. The maximum atomic E-state index is 12.8. The summed E-state index contributed by atoms with van der Waals surface area (Å²) in [6.45, 7) is 5.92. The van der Waals surface area contributed by atoms with Gasteiger partial charge in [0, 0.05) is 0 Å². The summed E-state index contributed by atoms with van der Waals surface area (Å²) in [5.74, 6) is -1.63. The molecule has 9 nitrogen and oxygen atoms in total. The molecule has 1 aliphatic rings. The number of esters is 1. The fourth-order valence-electron chi connectivity index (χ4n) is 1.70. The Kier molecular flexibility index (Phi) is 6.57. The minimum Gasteiger partial charge on any atom is -0.482 e. The zero-order valence-electron chi connectivity index (χ0n) is 13.2. The highest BCUT2D eigenvalue weighted by atomic mass is 31.2. The standard InChI is InChI=1S/C11H20BO9P/c1-6-17-22(15,18-7-2)11(4)10(14)20-12(21-11)19-8(3)9(13)16-5/h8H,6-7H2,1-5H3. The molecule has 0 saturated carbocycles. The summed E-state index contributed by atoms with van der Waals surface area (Å²) in [5.41, 5.74) is 0. The van der Waals surface area contributed by atoms with E-state index >= 15 is 0 Å². The van der Waals surface area contributed by atoms with E-state index in [2.05, 4.69) is 4.74 Å². The molecule has 0 radical (unpaired) electrons. The van der Waals surface area contributed by atoms with Crippen LogP contribution in [-0.2, 0) is 41.9 Å². The van der Waals surface area contributed by atoms with Gasteiger partial charge in [0.25, 0.3) is 5.34 Å². The monoisotopic (exact) mass is 338 g/mol. The van der Waals surface area contributed by atoms with Crippen molar-refractivity contribution in [1.29, 1.82) is 0 Å². The van der Waals surface area contributed by atoms with Gasteiger partial charge in [-0.1, -0.05) is 0 Å². The van der Waals surface area contributed by atoms with Crippen LogP contribution in [0.15, 0.2) is 0 Å². The molecule has 0 aromatic rings. The van der Waals surface area contributed by atoms with Gasteiger partial charge in [0.05, 0.1) is 20.3 Å². The normalized spacial score (nSPS) is 23.3. The lowest BCUT2D eigenvalue weighted by molar-refractivity contribution is -0.149. The molecule has 0 aromatic carbocycles. The molecule has 126 valence electrons. The van der Waals surface area contributed by atoms with Crippen LogP contribution in [0, 0.1) is 0 Å². The number of methoxy groups -OCH3 is 1. The minimum atomic E-state index is -3.94. The fourth-order valence-corrected chi connectivity index (χ4v) is 3.44. The van der Waals surface area contributed by atoms with Crippen LogP contribution in [0.4, 0.5) is 0 Å². The number of hydrogen-bond acceptors (Lipinski definition) is 9. The quantitative estimate of drug-likeness (QED) is 0.365. The minimum absolute atomic E-state index is 0.0492. The Morgan fingerprint density at radius 1 is 1.36 bits per heavy atom. The van der Waals surface area contributed by atoms with Gasteiger partial charge >= 0.3 is 26.9 Å². The topological polar surface area (TPSA) is 107 Å². The zero-order valence-corrected chi connectivity index (χ0v) is 14.1. The highest BCUT2D eigenvalue weighted by Crippen LogP contribution is 2.62. The van der Waals surface area contributed by atoms with Gasteiger partial charge in [-0.25, -0.2) is 9.59 Å². The highest BCUT2D eigenvalue weighted by molar-refractivity contribution is 7.56. The number of carbonyl (C=O) groups is 2. The van der Waals surface area contributed by atoms with Gasteiger partial charge in [-0.2, -0.15) is 0 Å². The summed E-state index contributed by atoms with van der Waals surface area (Å²) in [6, 6.07) is 0. The van der Waals surface area contributed by atoms with Crippen LogP contribution in [0.25, 0.3) is 0 Å². The first-order valence-electron chi connectivity index (χ1n) is 6.75. The molecule has 1 rings (SSSR count). The second-order valence-electron chi connectivity index (χ2n) is 4.43. The first-order chi connectivity index (χ1) is 10.2. The third-order valence-corrected chi connectivity index (χ3v) is 5.41. The Bertz CT molecular complexity index is 460. The van der Waals surface area contributed by atoms with Crippen molar-refractivity contribution >= 4 is 26.9 Å². The van der Waals surface area contributed by atoms with Crippen LogP contribution in [0.3, 0.4) is 0 Å². The summed E-state index contributed by atoms with van der Waals surface area (Å²) in [5, 5.41) is -1.97. The molecule has 1 heterocycles. The molecule has 2 atom stereocenters. The van der Waals surface area contributed by atoms with Gasteiger partial charge in [-0.05, 0) is 27.7 Å². The summed E-state index contributed by atoms with van der Waals surface area (Å²) >= 11 is 0. The lowest BCUT2D eigenvalue weighted by Gasteiger charge is -2.28. The maximum Gasteiger partial charge on any atom is 0.717 e. The third-order valence-electron chi connectivity index (χ3n) is 2.88. The molecule has 1 aliphatic heterocycles. The van der Waals surface area contributed by atoms with Crippen molar-refractivity contribution < 1.29 is 41.9 Å². The zero-order chi connectivity index (χ0) is 17.0. The lowest BCUT2D eigenvalue weighted by Crippen LogP contribution is -2.36. The third kappa shape index (κ3) is 3.69. The van der Waals surface area contributed by atoms with E-state index in [4.69, 9.17) is 23.0 Å². The second kappa shape index (κ2) is 7.56. The Morgan fingerprint density at radius 2 is 1.91 bits per heavy atom. The van der Waals surface area contributed by atoms with E-state index in [1.54, 1.807) is 13.8 Å². The first kappa shape index (κ1) is 19.1. The van der Waals surface area contributed by atoms with Crippen molar-refractivity contribution in [3.8, 4) is 0 Å². The second-order valence-corrected chi connectivity index (χ2v) is 6.79. The lowest BCUT2D eigenvalue weighted by atomic mass is 10.2. The maximum absolute atomic E-state index is 12.8. The molecule has 0 amide bonds. The number of carbonyl (C=O) groups excluding carboxylic acids is 2. The van der Waals surface area contributed by atoms with Crippen LogP contribution in [0.2, 0.25) is 0 Å². The largest absolute Gasteiger partial charge is 0.717 e. The smallest absolute Gasteiger partial charge is 0.482 e. The predicted molar refractivity (Wildman–Crippen MR) is 74.8 cm³/mol. The molecule has 0 N–H and O–H groups in total. The molecule has 0 aromatic heterocycles. The molecule has 0 aliphatic carbocycles. The van der Waals surface area contributed by atoms with Crippen molar-refractivity contribution in [2.75, 3.05) is 20.3 Å². The van der Waals surface area contributed by atoms with E-state index in [1.165, 1.54) is 21.0 Å². The van der Waals surface area contributed by atoms with E-state index in [0.29, 0.717) is 0 Å². The van der Waals surface area contributed by atoms with Crippen LogP contribution in [0.5, 0.6) is 0 Å². The predicted octanol–water partition coefficient (Wildman–Crippen LogP) is 1.11. The van der Waals surface area contributed by atoms with Gasteiger partial charge in [0.2, 0.25) is 0 Å². The van der Waals surface area contributed by atoms with E-state index < -0.39 is 38.3 Å². The summed E-state index contributed by atoms with van der Waals surface area (Å²) in [6.07, 6.45) is -1.04. The summed E-state index contributed by atoms with van der Waals surface area (Å²) in [7, 11) is -4.27. The van der Waals surface area contributed by atoms with Crippen LogP contribution < -0.4 is 0 Å². The van der Waals surface area contributed by atoms with Crippen molar-refractivity contribution in [3.63, 3.8) is 0 Å². The van der Waals surface area contributed by atoms with Crippen molar-refractivity contribution in [3.05, 3.63) is 0 Å². The molecular formula is C11H20BO9P. The molecule has 11 heteroatoms. The van der Waals surface area contributed by atoms with Crippen molar-refractivity contribution in [2.24, 2.45) is 0 Å². The van der Waals surface area contributed by atoms with E-state index in [1.807, 2.05) is 0 Å².